The Balaban J connectivity index is 1.47. The Hall–Kier alpha value is -4.27. The normalized spacial score (nSPS) is 11.1. The van der Waals surface area contributed by atoms with E-state index in [-0.39, 0.29) is 11.4 Å². The molecule has 4 rings (SSSR count). The molecule has 2 heterocycles. The summed E-state index contributed by atoms with van der Waals surface area (Å²) < 4.78 is 0. The van der Waals surface area contributed by atoms with Gasteiger partial charge in [0.15, 0.2) is 0 Å². The third kappa shape index (κ3) is 3.36. The lowest BCUT2D eigenvalue weighted by Crippen LogP contribution is -2.17. The maximum atomic E-state index is 12.2. The highest BCUT2D eigenvalue weighted by molar-refractivity contribution is 6.00. The smallest absolute Gasteiger partial charge is 0.289 e. The van der Waals surface area contributed by atoms with Gasteiger partial charge in [-0.1, -0.05) is 30.3 Å². The highest BCUT2D eigenvalue weighted by Gasteiger charge is 2.13. The number of nitrogens with zero attached hydrogens (tertiary/aromatic N) is 3. The zero-order chi connectivity index (χ0) is 19.5. The lowest BCUT2D eigenvalue weighted by atomic mass is 10.1. The molecule has 138 valence electrons. The van der Waals surface area contributed by atoms with Crippen LogP contribution in [-0.2, 0) is 0 Å². The maximum Gasteiger partial charge on any atom is 0.289 e. The number of amides is 1. The third-order valence-corrected chi connectivity index (χ3v) is 4.17. The van der Waals surface area contributed by atoms with E-state index in [0.29, 0.717) is 11.3 Å². The summed E-state index contributed by atoms with van der Waals surface area (Å²) in [4.78, 5) is 25.8. The van der Waals surface area contributed by atoms with E-state index in [1.165, 1.54) is 18.2 Å². The van der Waals surface area contributed by atoms with Crippen LogP contribution in [0.1, 0.15) is 16.1 Å². The van der Waals surface area contributed by atoms with Crippen LogP contribution in [0.3, 0.4) is 0 Å². The fourth-order valence-electron chi connectivity index (χ4n) is 2.79. The Morgan fingerprint density at radius 3 is 2.89 bits per heavy atom. The molecular weight excluding hydrogens is 360 g/mol. The predicted molar refractivity (Wildman–Crippen MR) is 104 cm³/mol. The minimum absolute atomic E-state index is 0.0465. The van der Waals surface area contributed by atoms with Gasteiger partial charge >= 0.3 is 0 Å². The van der Waals surface area contributed by atoms with Crippen molar-refractivity contribution in [2.45, 2.75) is 0 Å². The van der Waals surface area contributed by atoms with Crippen LogP contribution in [-0.4, -0.2) is 32.2 Å². The van der Waals surface area contributed by atoms with Gasteiger partial charge < -0.3 is 4.98 Å². The first-order chi connectivity index (χ1) is 13.6. The van der Waals surface area contributed by atoms with Crippen molar-refractivity contribution in [3.63, 3.8) is 0 Å². The van der Waals surface area contributed by atoms with Gasteiger partial charge in [-0.15, -0.1) is 0 Å². The van der Waals surface area contributed by atoms with Crippen molar-refractivity contribution in [3.8, 4) is 11.3 Å². The summed E-state index contributed by atoms with van der Waals surface area (Å²) >= 11 is 0. The number of hydrogen-bond acceptors (Lipinski definition) is 5. The molecule has 0 saturated carbocycles. The lowest BCUT2D eigenvalue weighted by Gasteiger charge is -1.96. The topological polar surface area (TPSA) is 129 Å². The van der Waals surface area contributed by atoms with E-state index in [1.807, 2.05) is 24.3 Å². The monoisotopic (exact) mass is 374 g/mol. The standard InChI is InChI=1S/C19H14N6O3/c26-19(24-21-11-13-10-20-16-7-2-1-6-15(13)16)18-9-17(22-23-18)12-4-3-5-14(8-12)25(27)28/h1-11,20H,(H,22,23)(H,24,26). The van der Waals surface area contributed by atoms with Crippen LogP contribution >= 0.6 is 0 Å². The van der Waals surface area contributed by atoms with Gasteiger partial charge in [-0.3, -0.25) is 20.0 Å². The van der Waals surface area contributed by atoms with E-state index in [1.54, 1.807) is 24.5 Å². The van der Waals surface area contributed by atoms with Crippen molar-refractivity contribution in [3.05, 3.63) is 82.2 Å². The largest absolute Gasteiger partial charge is 0.361 e. The number of hydrogen-bond donors (Lipinski definition) is 3. The Labute approximate surface area is 158 Å². The average Bonchev–Trinajstić information content (AvgIpc) is 3.36. The second kappa shape index (κ2) is 7.16. The first-order valence-electron chi connectivity index (χ1n) is 8.31. The van der Waals surface area contributed by atoms with E-state index in [9.17, 15) is 14.9 Å². The molecule has 4 aromatic rings. The summed E-state index contributed by atoms with van der Waals surface area (Å²) in [6, 6.07) is 15.3. The fraction of sp³-hybridized carbons (Fsp3) is 0. The number of para-hydroxylation sites is 1. The number of nitro benzene ring substituents is 1. The van der Waals surface area contributed by atoms with Gasteiger partial charge in [-0.05, 0) is 12.1 Å². The number of hydrazone groups is 1. The van der Waals surface area contributed by atoms with Gasteiger partial charge in [0, 0.05) is 40.4 Å². The van der Waals surface area contributed by atoms with Crippen molar-refractivity contribution >= 4 is 28.7 Å². The minimum atomic E-state index is -0.483. The van der Waals surface area contributed by atoms with Gasteiger partial charge in [0.05, 0.1) is 16.8 Å². The number of rotatable bonds is 5. The third-order valence-electron chi connectivity index (χ3n) is 4.17. The van der Waals surface area contributed by atoms with Crippen LogP contribution in [0.25, 0.3) is 22.2 Å². The van der Waals surface area contributed by atoms with Gasteiger partial charge in [-0.2, -0.15) is 10.2 Å². The Morgan fingerprint density at radius 1 is 1.18 bits per heavy atom. The van der Waals surface area contributed by atoms with Crippen LogP contribution < -0.4 is 5.43 Å². The zero-order valence-corrected chi connectivity index (χ0v) is 14.4. The maximum absolute atomic E-state index is 12.2. The molecule has 9 nitrogen and oxygen atoms in total. The Kier molecular flexibility index (Phi) is 4.38. The molecule has 28 heavy (non-hydrogen) atoms. The van der Waals surface area contributed by atoms with E-state index in [4.69, 9.17) is 0 Å². The quantitative estimate of drug-likeness (QED) is 0.281. The van der Waals surface area contributed by atoms with Crippen molar-refractivity contribution in [1.82, 2.24) is 20.6 Å². The first-order valence-corrected chi connectivity index (χ1v) is 8.31. The van der Waals surface area contributed by atoms with Crippen LogP contribution in [0.5, 0.6) is 0 Å². The molecule has 2 aromatic carbocycles. The molecule has 3 N–H and O–H groups in total. The number of benzene rings is 2. The molecule has 2 aromatic heterocycles. The van der Waals surface area contributed by atoms with Gasteiger partial charge in [0.1, 0.15) is 5.69 Å². The van der Waals surface area contributed by atoms with Crippen LogP contribution in [0, 0.1) is 10.1 Å². The molecule has 0 aliphatic heterocycles. The molecule has 0 aliphatic rings. The molecule has 1 amide bonds. The molecule has 0 bridgehead atoms. The lowest BCUT2D eigenvalue weighted by molar-refractivity contribution is -0.384. The summed E-state index contributed by atoms with van der Waals surface area (Å²) in [6.07, 6.45) is 3.35. The fourth-order valence-corrected chi connectivity index (χ4v) is 2.79. The molecule has 0 spiro atoms. The van der Waals surface area contributed by atoms with Crippen molar-refractivity contribution in [1.29, 1.82) is 0 Å². The Bertz CT molecular complexity index is 1210. The van der Waals surface area contributed by atoms with E-state index < -0.39 is 10.8 Å². The van der Waals surface area contributed by atoms with Crippen molar-refractivity contribution in [2.75, 3.05) is 0 Å². The minimum Gasteiger partial charge on any atom is -0.361 e. The molecule has 0 atom stereocenters. The number of carbonyl (C=O) groups excluding carboxylic acids is 1. The highest BCUT2D eigenvalue weighted by Crippen LogP contribution is 2.22. The summed E-state index contributed by atoms with van der Waals surface area (Å²) in [5.74, 6) is -0.472. The van der Waals surface area contributed by atoms with Crippen molar-refractivity contribution in [2.24, 2.45) is 5.10 Å². The van der Waals surface area contributed by atoms with Gasteiger partial charge in [0.2, 0.25) is 0 Å². The molecular formula is C19H14N6O3. The number of fused-ring (bicyclic) bond motifs is 1. The van der Waals surface area contributed by atoms with Crippen LogP contribution in [0.2, 0.25) is 0 Å². The molecule has 0 radical (unpaired) electrons. The second-order valence-electron chi connectivity index (χ2n) is 5.96. The number of non-ortho nitro benzene ring substituents is 1. The molecule has 0 saturated heterocycles. The SMILES string of the molecule is O=C(NN=Cc1c[nH]c2ccccc12)c1cc(-c2cccc([N+](=O)[O-])c2)n[nH]1. The number of nitro groups is 1. The first kappa shape index (κ1) is 17.2. The number of nitrogens with one attached hydrogen (secondary N) is 3. The highest BCUT2D eigenvalue weighted by atomic mass is 16.6. The molecule has 9 heteroatoms. The summed E-state index contributed by atoms with van der Waals surface area (Å²) in [7, 11) is 0. The number of H-pyrrole nitrogens is 2. The summed E-state index contributed by atoms with van der Waals surface area (Å²) in [5, 5.41) is 22.5. The molecule has 0 unspecified atom stereocenters. The number of aromatic amines is 2. The predicted octanol–water partition coefficient (Wildman–Crippen LogP) is 3.23. The molecule has 0 fully saturated rings. The average molecular weight is 374 g/mol. The van der Waals surface area contributed by atoms with Gasteiger partial charge in [0.25, 0.3) is 11.6 Å². The Morgan fingerprint density at radius 2 is 2.04 bits per heavy atom. The zero-order valence-electron chi connectivity index (χ0n) is 14.4. The van der Waals surface area contributed by atoms with Crippen LogP contribution in [0.4, 0.5) is 5.69 Å². The van der Waals surface area contributed by atoms with Crippen LogP contribution in [0.15, 0.2) is 65.9 Å². The van der Waals surface area contributed by atoms with E-state index in [0.717, 1.165) is 16.5 Å². The summed E-state index contributed by atoms with van der Waals surface area (Å²) in [5.41, 5.74) is 5.36. The van der Waals surface area contributed by atoms with Crippen molar-refractivity contribution < 1.29 is 9.72 Å². The van der Waals surface area contributed by atoms with Gasteiger partial charge in [-0.25, -0.2) is 5.43 Å². The van der Waals surface area contributed by atoms with E-state index >= 15 is 0 Å². The summed E-state index contributed by atoms with van der Waals surface area (Å²) in [6.45, 7) is 0. The molecule has 0 aliphatic carbocycles. The second-order valence-corrected chi connectivity index (χ2v) is 5.96. The van der Waals surface area contributed by atoms with E-state index in [2.05, 4.69) is 25.7 Å². The number of aromatic nitrogens is 3. The number of carbonyl (C=O) groups is 1.